The van der Waals surface area contributed by atoms with Crippen LogP contribution in [0.5, 0.6) is 0 Å². The van der Waals surface area contributed by atoms with Crippen molar-refractivity contribution in [1.82, 2.24) is 5.32 Å². The molecule has 0 atom stereocenters. The van der Waals surface area contributed by atoms with Crippen molar-refractivity contribution in [1.29, 1.82) is 0 Å². The van der Waals surface area contributed by atoms with Gasteiger partial charge in [0.25, 0.3) is 0 Å². The third kappa shape index (κ3) is 2.71. The van der Waals surface area contributed by atoms with E-state index >= 15 is 0 Å². The van der Waals surface area contributed by atoms with Crippen molar-refractivity contribution < 1.29 is 0 Å². The molecular weight excluding hydrogens is 220 g/mol. The first-order valence-corrected chi connectivity index (χ1v) is 6.25. The summed E-state index contributed by atoms with van der Waals surface area (Å²) < 4.78 is 0. The predicted octanol–water partition coefficient (Wildman–Crippen LogP) is 3.48. The van der Waals surface area contributed by atoms with Crippen LogP contribution >= 0.6 is 0 Å². The molecule has 0 heterocycles. The summed E-state index contributed by atoms with van der Waals surface area (Å²) in [4.78, 5) is 2.23. The molecule has 0 unspecified atom stereocenters. The van der Waals surface area contributed by atoms with Crippen LogP contribution in [-0.2, 0) is 6.54 Å². The predicted molar refractivity (Wildman–Crippen MR) is 78.4 cm³/mol. The summed E-state index contributed by atoms with van der Waals surface area (Å²) in [6.07, 6.45) is 0. The van der Waals surface area contributed by atoms with Gasteiger partial charge in [-0.25, -0.2) is 0 Å². The van der Waals surface area contributed by atoms with E-state index < -0.39 is 0 Å². The molecular formula is C16H20N2. The Balaban J connectivity index is 2.38. The molecule has 2 nitrogen and oxygen atoms in total. The fraction of sp³-hybridized carbons (Fsp3) is 0.250. The zero-order chi connectivity index (χ0) is 13.0. The molecule has 1 N–H and O–H groups in total. The van der Waals surface area contributed by atoms with Gasteiger partial charge in [0.15, 0.2) is 0 Å². The second-order valence-corrected chi connectivity index (χ2v) is 4.56. The van der Waals surface area contributed by atoms with Gasteiger partial charge in [0, 0.05) is 25.0 Å². The van der Waals surface area contributed by atoms with Gasteiger partial charge in [0.2, 0.25) is 0 Å². The normalized spacial score (nSPS) is 10.4. The summed E-state index contributed by atoms with van der Waals surface area (Å²) in [6.45, 7) is 3.01. The molecule has 2 aromatic carbocycles. The van der Waals surface area contributed by atoms with Crippen LogP contribution in [0.2, 0.25) is 0 Å². The monoisotopic (exact) mass is 240 g/mol. The van der Waals surface area contributed by atoms with Crippen LogP contribution in [0, 0.1) is 6.92 Å². The van der Waals surface area contributed by atoms with Crippen molar-refractivity contribution in [3.8, 4) is 0 Å². The third-order valence-corrected chi connectivity index (χ3v) is 3.11. The number of benzene rings is 2. The molecule has 2 aromatic rings. The summed E-state index contributed by atoms with van der Waals surface area (Å²) in [5.74, 6) is 0. The van der Waals surface area contributed by atoms with Crippen LogP contribution in [0.3, 0.4) is 0 Å². The molecule has 0 saturated carbocycles. The number of para-hydroxylation sites is 1. The van der Waals surface area contributed by atoms with Crippen molar-refractivity contribution in [3.63, 3.8) is 0 Å². The highest BCUT2D eigenvalue weighted by Gasteiger charge is 2.08. The fourth-order valence-electron chi connectivity index (χ4n) is 2.16. The molecule has 0 aliphatic carbocycles. The number of hydrogen-bond donors (Lipinski definition) is 1. The summed E-state index contributed by atoms with van der Waals surface area (Å²) in [7, 11) is 4.09. The van der Waals surface area contributed by atoms with Gasteiger partial charge < -0.3 is 10.2 Å². The highest BCUT2D eigenvalue weighted by atomic mass is 15.1. The van der Waals surface area contributed by atoms with E-state index in [0.29, 0.717) is 0 Å². The van der Waals surface area contributed by atoms with E-state index in [0.717, 1.165) is 6.54 Å². The first kappa shape index (κ1) is 12.7. The minimum Gasteiger partial charge on any atom is -0.344 e. The Bertz CT molecular complexity index is 506. The summed E-state index contributed by atoms with van der Waals surface area (Å²) >= 11 is 0. The first-order valence-electron chi connectivity index (χ1n) is 6.25. The van der Waals surface area contributed by atoms with Gasteiger partial charge >= 0.3 is 0 Å². The van der Waals surface area contributed by atoms with E-state index in [4.69, 9.17) is 0 Å². The largest absolute Gasteiger partial charge is 0.344 e. The molecule has 2 rings (SSSR count). The quantitative estimate of drug-likeness (QED) is 0.880. The van der Waals surface area contributed by atoms with Gasteiger partial charge in [0.1, 0.15) is 0 Å². The zero-order valence-corrected chi connectivity index (χ0v) is 11.3. The maximum Gasteiger partial charge on any atom is 0.0453 e. The number of hydrogen-bond acceptors (Lipinski definition) is 2. The first-order chi connectivity index (χ1) is 8.72. The third-order valence-electron chi connectivity index (χ3n) is 3.11. The van der Waals surface area contributed by atoms with Crippen molar-refractivity contribution in [3.05, 3.63) is 59.7 Å². The van der Waals surface area contributed by atoms with Crippen molar-refractivity contribution in [2.45, 2.75) is 13.5 Å². The highest BCUT2D eigenvalue weighted by molar-refractivity contribution is 5.66. The molecule has 0 spiro atoms. The molecule has 0 fully saturated rings. The molecule has 0 aliphatic heterocycles. The van der Waals surface area contributed by atoms with E-state index in [1.54, 1.807) is 0 Å². The molecule has 94 valence electrons. The van der Waals surface area contributed by atoms with Crippen LogP contribution in [0.4, 0.5) is 11.4 Å². The maximum absolute atomic E-state index is 3.23. The second-order valence-electron chi connectivity index (χ2n) is 4.56. The Morgan fingerprint density at radius 2 is 1.78 bits per heavy atom. The molecule has 0 aromatic heterocycles. The molecule has 0 amide bonds. The SMILES string of the molecule is CNCc1cc(C)ccc1N(C)c1ccccc1. The fourth-order valence-corrected chi connectivity index (χ4v) is 2.16. The lowest BCUT2D eigenvalue weighted by molar-refractivity contribution is 0.815. The van der Waals surface area contributed by atoms with Crippen LogP contribution in [-0.4, -0.2) is 14.1 Å². The number of aryl methyl sites for hydroxylation is 1. The molecule has 18 heavy (non-hydrogen) atoms. The number of nitrogens with zero attached hydrogens (tertiary/aromatic N) is 1. The van der Waals surface area contributed by atoms with E-state index in [1.165, 1.54) is 22.5 Å². The summed E-state index contributed by atoms with van der Waals surface area (Å²) in [5, 5.41) is 3.23. The Morgan fingerprint density at radius 3 is 2.44 bits per heavy atom. The molecule has 0 bridgehead atoms. The Kier molecular flexibility index (Phi) is 4.00. The lowest BCUT2D eigenvalue weighted by Gasteiger charge is -2.23. The minimum atomic E-state index is 0.883. The Morgan fingerprint density at radius 1 is 1.06 bits per heavy atom. The molecule has 0 saturated heterocycles. The van der Waals surface area contributed by atoms with Crippen molar-refractivity contribution >= 4 is 11.4 Å². The van der Waals surface area contributed by atoms with Crippen molar-refractivity contribution in [2.24, 2.45) is 0 Å². The molecule has 0 radical (unpaired) electrons. The molecule has 2 heteroatoms. The van der Waals surface area contributed by atoms with E-state index in [-0.39, 0.29) is 0 Å². The zero-order valence-electron chi connectivity index (χ0n) is 11.3. The average molecular weight is 240 g/mol. The van der Waals surface area contributed by atoms with Gasteiger partial charge in [-0.15, -0.1) is 0 Å². The van der Waals surface area contributed by atoms with Gasteiger partial charge in [-0.3, -0.25) is 0 Å². The minimum absolute atomic E-state index is 0.883. The van der Waals surface area contributed by atoms with Crippen LogP contribution in [0.25, 0.3) is 0 Å². The van der Waals surface area contributed by atoms with Gasteiger partial charge in [-0.05, 0) is 37.7 Å². The summed E-state index contributed by atoms with van der Waals surface area (Å²) in [6, 6.07) is 17.0. The van der Waals surface area contributed by atoms with Crippen molar-refractivity contribution in [2.75, 3.05) is 19.0 Å². The summed E-state index contributed by atoms with van der Waals surface area (Å²) in [5.41, 5.74) is 5.08. The lowest BCUT2D eigenvalue weighted by Crippen LogP contribution is -2.15. The maximum atomic E-state index is 3.23. The Labute approximate surface area is 109 Å². The van der Waals surface area contributed by atoms with Gasteiger partial charge in [-0.1, -0.05) is 35.9 Å². The van der Waals surface area contributed by atoms with Crippen LogP contribution < -0.4 is 10.2 Å². The number of anilines is 2. The number of nitrogens with one attached hydrogen (secondary N) is 1. The Hall–Kier alpha value is -1.80. The average Bonchev–Trinajstić information content (AvgIpc) is 2.40. The van der Waals surface area contributed by atoms with Gasteiger partial charge in [0.05, 0.1) is 0 Å². The van der Waals surface area contributed by atoms with Crippen LogP contribution in [0.1, 0.15) is 11.1 Å². The van der Waals surface area contributed by atoms with E-state index in [2.05, 4.69) is 66.7 Å². The topological polar surface area (TPSA) is 15.3 Å². The van der Waals surface area contributed by atoms with E-state index in [9.17, 15) is 0 Å². The highest BCUT2D eigenvalue weighted by Crippen LogP contribution is 2.27. The van der Waals surface area contributed by atoms with Gasteiger partial charge in [-0.2, -0.15) is 0 Å². The standard InChI is InChI=1S/C16H20N2/c1-13-9-10-16(14(11-13)12-17-2)18(3)15-7-5-4-6-8-15/h4-11,17H,12H2,1-3H3. The van der Waals surface area contributed by atoms with Crippen LogP contribution in [0.15, 0.2) is 48.5 Å². The second kappa shape index (κ2) is 5.69. The lowest BCUT2D eigenvalue weighted by atomic mass is 10.1. The smallest absolute Gasteiger partial charge is 0.0453 e. The number of rotatable bonds is 4. The van der Waals surface area contributed by atoms with E-state index in [1.807, 2.05) is 13.1 Å². The molecule has 0 aliphatic rings.